The summed E-state index contributed by atoms with van der Waals surface area (Å²) in [5.41, 5.74) is -0.855. The fourth-order valence-corrected chi connectivity index (χ4v) is 8.11. The smallest absolute Gasteiger partial charge is 0.319 e. The third-order valence-corrected chi connectivity index (χ3v) is 10.3. The van der Waals surface area contributed by atoms with Crippen LogP contribution < -0.4 is 14.4 Å². The number of alkyl halides is 1. The quantitative estimate of drug-likeness (QED) is 0.296. The Labute approximate surface area is 264 Å². The van der Waals surface area contributed by atoms with Gasteiger partial charge in [0, 0.05) is 32.0 Å². The molecule has 0 aliphatic carbocycles. The first-order valence-electron chi connectivity index (χ1n) is 16.0. The molecule has 3 saturated heterocycles. The summed E-state index contributed by atoms with van der Waals surface area (Å²) in [6.45, 7) is 5.83. The molecular weight excluding hydrogens is 599 g/mol. The molecule has 2 bridgehead atoms. The number of pyridine rings is 1. The molecule has 2 aromatic carbocycles. The van der Waals surface area contributed by atoms with Crippen LogP contribution in [-0.4, -0.2) is 88.3 Å². The maximum Gasteiger partial charge on any atom is 0.319 e. The van der Waals surface area contributed by atoms with Gasteiger partial charge >= 0.3 is 6.01 Å². The third-order valence-electron chi connectivity index (χ3n) is 10.3. The molecule has 46 heavy (non-hydrogen) atoms. The van der Waals surface area contributed by atoms with Crippen LogP contribution in [0.5, 0.6) is 17.6 Å². The number of aromatic hydroxyl groups is 1. The maximum absolute atomic E-state index is 17.1. The highest BCUT2D eigenvalue weighted by Gasteiger charge is 2.49. The molecule has 6 heterocycles. The number of hydrogen-bond donors (Lipinski definition) is 1. The normalized spacial score (nSPS) is 27.5. The van der Waals surface area contributed by atoms with Crippen LogP contribution in [0.25, 0.3) is 32.9 Å². The van der Waals surface area contributed by atoms with Gasteiger partial charge in [-0.25, -0.2) is 18.2 Å². The van der Waals surface area contributed by atoms with Gasteiger partial charge in [0.15, 0.2) is 5.82 Å². The number of likely N-dealkylation sites (N-methyl/N-ethyl adjacent to an activating group) is 1. The zero-order valence-corrected chi connectivity index (χ0v) is 26.1. The number of phenolic OH excluding ortho intramolecular Hbond substituents is 1. The minimum absolute atomic E-state index is 0.0407. The number of halogens is 3. The molecule has 2 unspecified atom stereocenters. The topological polar surface area (TPSA) is 93.1 Å². The van der Waals surface area contributed by atoms with E-state index < -0.39 is 28.9 Å². The summed E-state index contributed by atoms with van der Waals surface area (Å²) in [6.07, 6.45) is 2.12. The molecule has 4 aliphatic rings. The van der Waals surface area contributed by atoms with Gasteiger partial charge in [-0.2, -0.15) is 9.97 Å². The summed E-state index contributed by atoms with van der Waals surface area (Å²) in [4.78, 5) is 18.2. The van der Waals surface area contributed by atoms with Gasteiger partial charge in [-0.05, 0) is 67.3 Å². The van der Waals surface area contributed by atoms with Crippen molar-refractivity contribution < 1.29 is 32.5 Å². The highest BCUT2D eigenvalue weighted by Crippen LogP contribution is 2.46. The standard InChI is InChI=1S/C34H36F3N5O4/c1-4-22-24(36)7-6-18-10-21(43)11-23(25(18)22)28-27(37)29-26-30(41(3)20-13-33(2,16-44-15-20)46-31(26)38-28)40-32(39-29)45-17-34-8-5-9-42(34)14-19(35)12-34/h6-7,10-11,19-20,43H,4-5,8-9,12-17H2,1-3H3/t19-,20?,33?,34+/m1/s1. The van der Waals surface area contributed by atoms with E-state index in [4.69, 9.17) is 24.2 Å². The Morgan fingerprint density at radius 3 is 2.80 bits per heavy atom. The fraction of sp³-hybridized carbons (Fsp3) is 0.500. The molecule has 0 saturated carbocycles. The number of hydrogen-bond acceptors (Lipinski definition) is 9. The minimum atomic E-state index is -0.928. The van der Waals surface area contributed by atoms with E-state index in [0.29, 0.717) is 61.2 Å². The molecule has 3 fully saturated rings. The van der Waals surface area contributed by atoms with Crippen LogP contribution in [0.3, 0.4) is 0 Å². The Kier molecular flexibility index (Phi) is 6.77. The Morgan fingerprint density at radius 1 is 1.13 bits per heavy atom. The van der Waals surface area contributed by atoms with Crippen LogP contribution in [0, 0.1) is 11.6 Å². The molecule has 0 radical (unpaired) electrons. The van der Waals surface area contributed by atoms with Crippen molar-refractivity contribution >= 4 is 27.5 Å². The Balaban J connectivity index is 1.36. The predicted octanol–water partition coefficient (Wildman–Crippen LogP) is 5.72. The molecule has 4 atom stereocenters. The number of fused-ring (bicyclic) bond motifs is 4. The van der Waals surface area contributed by atoms with Crippen molar-refractivity contribution in [2.24, 2.45) is 0 Å². The van der Waals surface area contributed by atoms with Gasteiger partial charge in [0.05, 0.1) is 24.8 Å². The van der Waals surface area contributed by atoms with Gasteiger partial charge in [-0.1, -0.05) is 13.0 Å². The molecule has 12 heteroatoms. The minimum Gasteiger partial charge on any atom is -0.508 e. The first-order valence-corrected chi connectivity index (χ1v) is 16.0. The van der Waals surface area contributed by atoms with Gasteiger partial charge in [0.2, 0.25) is 5.88 Å². The van der Waals surface area contributed by atoms with Gasteiger partial charge in [0.1, 0.15) is 52.4 Å². The van der Waals surface area contributed by atoms with Crippen LogP contribution in [0.2, 0.25) is 0 Å². The lowest BCUT2D eigenvalue weighted by Gasteiger charge is -2.43. The first-order chi connectivity index (χ1) is 22.1. The van der Waals surface area contributed by atoms with Crippen molar-refractivity contribution in [1.82, 2.24) is 19.9 Å². The van der Waals surface area contributed by atoms with E-state index in [-0.39, 0.29) is 52.4 Å². The lowest BCUT2D eigenvalue weighted by molar-refractivity contribution is -0.0678. The Hall–Kier alpha value is -3.90. The molecule has 0 amide bonds. The number of anilines is 1. The van der Waals surface area contributed by atoms with E-state index in [0.717, 1.165) is 19.4 Å². The van der Waals surface area contributed by atoms with Crippen LogP contribution in [-0.2, 0) is 11.2 Å². The van der Waals surface area contributed by atoms with Gasteiger partial charge in [-0.15, -0.1) is 0 Å². The molecular formula is C34H36F3N5O4. The van der Waals surface area contributed by atoms with E-state index in [1.807, 2.05) is 25.8 Å². The number of rotatable bonds is 5. The molecule has 8 rings (SSSR count). The van der Waals surface area contributed by atoms with Crippen molar-refractivity contribution in [3.05, 3.63) is 41.5 Å². The number of aryl methyl sites for hydroxylation is 1. The van der Waals surface area contributed by atoms with Crippen molar-refractivity contribution in [2.45, 2.75) is 69.3 Å². The third kappa shape index (κ3) is 4.55. The van der Waals surface area contributed by atoms with Crippen molar-refractivity contribution in [3.8, 4) is 28.9 Å². The zero-order valence-electron chi connectivity index (χ0n) is 26.1. The maximum atomic E-state index is 17.1. The predicted molar refractivity (Wildman–Crippen MR) is 166 cm³/mol. The summed E-state index contributed by atoms with van der Waals surface area (Å²) < 4.78 is 65.4. The van der Waals surface area contributed by atoms with Crippen molar-refractivity contribution in [2.75, 3.05) is 44.9 Å². The van der Waals surface area contributed by atoms with E-state index in [2.05, 4.69) is 9.88 Å². The highest BCUT2D eigenvalue weighted by atomic mass is 19.1. The second kappa shape index (κ2) is 10.6. The van der Waals surface area contributed by atoms with Gasteiger partial charge < -0.3 is 24.2 Å². The summed E-state index contributed by atoms with van der Waals surface area (Å²) in [5, 5.41) is 12.0. The van der Waals surface area contributed by atoms with E-state index in [9.17, 15) is 9.50 Å². The summed E-state index contributed by atoms with van der Waals surface area (Å²) in [5.74, 6) is -0.848. The Morgan fingerprint density at radius 2 is 1.98 bits per heavy atom. The van der Waals surface area contributed by atoms with Crippen LogP contribution in [0.4, 0.5) is 19.0 Å². The number of nitrogens with zero attached hydrogens (tertiary/aromatic N) is 5. The summed E-state index contributed by atoms with van der Waals surface area (Å²) in [6, 6.07) is 5.64. The highest BCUT2D eigenvalue weighted by molar-refractivity contribution is 6.03. The largest absolute Gasteiger partial charge is 0.508 e. The van der Waals surface area contributed by atoms with E-state index >= 15 is 8.78 Å². The number of phenols is 1. The molecule has 2 aromatic heterocycles. The van der Waals surface area contributed by atoms with E-state index in [1.54, 1.807) is 6.07 Å². The molecule has 9 nitrogen and oxygen atoms in total. The van der Waals surface area contributed by atoms with Crippen molar-refractivity contribution in [1.29, 1.82) is 0 Å². The van der Waals surface area contributed by atoms with Crippen molar-refractivity contribution in [3.63, 3.8) is 0 Å². The van der Waals surface area contributed by atoms with E-state index in [1.165, 1.54) is 18.2 Å². The number of benzene rings is 2. The first kappa shape index (κ1) is 29.5. The number of ether oxygens (including phenoxy) is 3. The van der Waals surface area contributed by atoms with Gasteiger partial charge in [-0.3, -0.25) is 4.90 Å². The average molecular weight is 636 g/mol. The monoisotopic (exact) mass is 635 g/mol. The molecule has 0 spiro atoms. The fourth-order valence-electron chi connectivity index (χ4n) is 8.11. The summed E-state index contributed by atoms with van der Waals surface area (Å²) in [7, 11) is 1.87. The molecule has 1 N–H and O–H groups in total. The SMILES string of the molecule is CCc1c(F)ccc2cc(O)cc(-c3nc4c5c(nc(OC[C@@]67CCCN6C[C@H](F)C7)nc5c3F)N(C)C3COCC(C)(C3)O4)c12. The van der Waals surface area contributed by atoms with Crippen LogP contribution >= 0.6 is 0 Å². The average Bonchev–Trinajstić information content (AvgIpc) is 3.55. The van der Waals surface area contributed by atoms with Crippen LogP contribution in [0.15, 0.2) is 24.3 Å². The van der Waals surface area contributed by atoms with Crippen LogP contribution in [0.1, 0.15) is 45.1 Å². The molecule has 242 valence electrons. The lowest BCUT2D eigenvalue weighted by atomic mass is 9.93. The Bertz CT molecular complexity index is 1890. The lowest BCUT2D eigenvalue weighted by Crippen LogP contribution is -2.53. The number of aromatic nitrogens is 3. The second-order valence-electron chi connectivity index (χ2n) is 13.5. The molecule has 4 aromatic rings. The summed E-state index contributed by atoms with van der Waals surface area (Å²) >= 11 is 0. The second-order valence-corrected chi connectivity index (χ2v) is 13.5. The molecule has 4 aliphatic heterocycles. The zero-order chi connectivity index (χ0) is 32.0. The van der Waals surface area contributed by atoms with Gasteiger partial charge in [0.25, 0.3) is 0 Å².